The fraction of sp³-hybridized carbons (Fsp3) is 0.800. The van der Waals surface area contributed by atoms with Gasteiger partial charge in [0, 0.05) is 24.7 Å². The van der Waals surface area contributed by atoms with Gasteiger partial charge >= 0.3 is 23.7 Å². The van der Waals surface area contributed by atoms with Crippen molar-refractivity contribution < 1.29 is 53.3 Å². The van der Waals surface area contributed by atoms with Crippen molar-refractivity contribution in [3.63, 3.8) is 0 Å². The number of hydrogen-bond acceptors (Lipinski definition) is 7. The maximum absolute atomic E-state index is 10.2. The first-order valence-electron chi connectivity index (χ1n) is 10.7. The first kappa shape index (κ1) is 40.7. The number of rotatable bonds is 12. The molecule has 0 aromatic carbocycles. The standard InChI is InChI=1S/2C5H11NO2.2C5H11NO.O.Ti/c2*1-2-3-4-5(7)6-8;2*1-2-3-4-5(6)7;;/h2*8H,2-4H2,1H3,(H,6,7);2*2-4H2,1H3,(H2,6,7);;/q;;;;;+2/p-2. The predicted molar refractivity (Wildman–Crippen MR) is 117 cm³/mol. The van der Waals surface area contributed by atoms with Crippen LogP contribution in [0.5, 0.6) is 0 Å². The topological polar surface area (TPSA) is 197 Å². The quantitative estimate of drug-likeness (QED) is 0.169. The monoisotopic (exact) mass is 498 g/mol. The molecule has 0 aliphatic carbocycles. The van der Waals surface area contributed by atoms with Gasteiger partial charge in [0.1, 0.15) is 0 Å². The van der Waals surface area contributed by atoms with Crippen molar-refractivity contribution in [3.05, 3.63) is 11.5 Å². The Hall–Kier alpha value is -1.69. The van der Waals surface area contributed by atoms with E-state index in [-0.39, 0.29) is 11.8 Å². The van der Waals surface area contributed by atoms with Crippen molar-refractivity contribution in [2.24, 2.45) is 0 Å². The van der Waals surface area contributed by atoms with Crippen LogP contribution in [-0.2, 0) is 42.9 Å². The predicted octanol–water partition coefficient (Wildman–Crippen LogP) is 4.75. The van der Waals surface area contributed by atoms with E-state index in [2.05, 4.69) is 0 Å². The van der Waals surface area contributed by atoms with Crippen LogP contribution in [0.3, 0.4) is 0 Å². The molecular weight excluding hydrogens is 456 g/mol. The molecule has 188 valence electrons. The first-order chi connectivity index (χ1) is 15.2. The zero-order valence-electron chi connectivity index (χ0n) is 19.9. The molecule has 0 fully saturated rings. The molecule has 0 saturated carbocycles. The number of nitrogens with one attached hydrogen (secondary N) is 4. The fourth-order valence-corrected chi connectivity index (χ4v) is 1.46. The van der Waals surface area contributed by atoms with Gasteiger partial charge in [0.2, 0.25) is 11.8 Å². The molecular formula is C20H42N4O7Ti. The van der Waals surface area contributed by atoms with E-state index in [9.17, 15) is 19.2 Å². The van der Waals surface area contributed by atoms with Crippen LogP contribution in [0.1, 0.15) is 105 Å². The van der Waals surface area contributed by atoms with Crippen LogP contribution in [0.25, 0.3) is 11.5 Å². The number of hydrogen-bond donors (Lipinski definition) is 4. The van der Waals surface area contributed by atoms with Crippen molar-refractivity contribution in [2.45, 2.75) is 105 Å². The molecule has 0 rings (SSSR count). The molecule has 0 saturated heterocycles. The van der Waals surface area contributed by atoms with Crippen LogP contribution in [0.4, 0.5) is 0 Å². The summed E-state index contributed by atoms with van der Waals surface area (Å²) in [4.78, 5) is 40.2. The normalized spacial score (nSPS) is 8.38. The van der Waals surface area contributed by atoms with Crippen LogP contribution in [-0.4, -0.2) is 34.0 Å². The molecule has 0 atom stereocenters. The van der Waals surface area contributed by atoms with E-state index in [0.29, 0.717) is 25.7 Å². The van der Waals surface area contributed by atoms with Crippen LogP contribution in [0.15, 0.2) is 0 Å². The van der Waals surface area contributed by atoms with E-state index in [0.717, 1.165) is 71.8 Å². The van der Waals surface area contributed by atoms with E-state index in [4.69, 9.17) is 25.2 Å². The second-order valence-electron chi connectivity index (χ2n) is 6.33. The summed E-state index contributed by atoms with van der Waals surface area (Å²) in [5.41, 5.74) is 16.0. The fourth-order valence-electron chi connectivity index (χ4n) is 1.46. The number of unbranched alkanes of at least 4 members (excludes halogenated alkanes) is 4. The maximum atomic E-state index is 10.2. The average Bonchev–Trinajstić information content (AvgIpc) is 2.80. The van der Waals surface area contributed by atoms with Gasteiger partial charge in [0.25, 0.3) is 0 Å². The van der Waals surface area contributed by atoms with Gasteiger partial charge in [0.05, 0.1) is 0 Å². The molecule has 11 nitrogen and oxygen atoms in total. The number of hydroxylamine groups is 2. The molecule has 0 aromatic heterocycles. The molecule has 6 N–H and O–H groups in total. The van der Waals surface area contributed by atoms with Crippen molar-refractivity contribution in [2.75, 3.05) is 0 Å². The van der Waals surface area contributed by atoms with Crippen molar-refractivity contribution in [1.82, 2.24) is 11.0 Å². The number of amides is 4. The Balaban J connectivity index is -0.0000000987. The molecule has 0 spiro atoms. The minimum atomic E-state index is -0.443. The zero-order valence-corrected chi connectivity index (χ0v) is 21.5. The molecule has 4 amide bonds. The molecule has 12 heteroatoms. The van der Waals surface area contributed by atoms with Crippen LogP contribution < -0.4 is 11.0 Å². The summed E-state index contributed by atoms with van der Waals surface area (Å²) in [5, 5.41) is 15.9. The Labute approximate surface area is 204 Å². The van der Waals surface area contributed by atoms with Crippen molar-refractivity contribution in [3.8, 4) is 0 Å². The third kappa shape index (κ3) is 63.0. The molecule has 0 aromatic rings. The molecule has 0 radical (unpaired) electrons. The minimum absolute atomic E-state index is 0.299. The van der Waals surface area contributed by atoms with E-state index in [1.165, 1.54) is 0 Å². The van der Waals surface area contributed by atoms with E-state index in [1.54, 1.807) is 11.0 Å². The molecule has 0 bridgehead atoms. The molecule has 0 aliphatic rings. The molecule has 32 heavy (non-hydrogen) atoms. The van der Waals surface area contributed by atoms with Gasteiger partial charge in [-0.1, -0.05) is 53.4 Å². The van der Waals surface area contributed by atoms with E-state index in [1.807, 2.05) is 27.7 Å². The van der Waals surface area contributed by atoms with Crippen molar-refractivity contribution >= 4 is 23.6 Å². The van der Waals surface area contributed by atoms with Gasteiger partial charge < -0.3 is 21.1 Å². The Morgan fingerprint density at radius 2 is 0.812 bits per heavy atom. The Morgan fingerprint density at radius 1 is 0.594 bits per heavy atom. The van der Waals surface area contributed by atoms with Gasteiger partial charge in [-0.2, -0.15) is 0 Å². The van der Waals surface area contributed by atoms with Gasteiger partial charge in [0.15, 0.2) is 0 Å². The van der Waals surface area contributed by atoms with Gasteiger partial charge in [-0.3, -0.25) is 20.0 Å². The summed E-state index contributed by atoms with van der Waals surface area (Å²) in [5.74, 6) is -1.48. The second-order valence-corrected chi connectivity index (χ2v) is 6.33. The van der Waals surface area contributed by atoms with E-state index < -0.39 is 11.8 Å². The third-order valence-corrected chi connectivity index (χ3v) is 3.28. The molecule has 0 unspecified atom stereocenters. The number of carbonyl (C=O) groups is 4. The summed E-state index contributed by atoms with van der Waals surface area (Å²) in [6.07, 6.45) is 9.08. The van der Waals surface area contributed by atoms with Gasteiger partial charge in [-0.25, -0.2) is 11.0 Å². The molecule has 0 aliphatic heterocycles. The SMILES string of the molecule is CCCCC(=O)NO.CCCCC(=O)NO.CCCCC([NH-])=O.CCCCC([NH-])=O.[O]=[Ti+2]. The second kappa shape index (κ2) is 39.8. The Kier molecular flexibility index (Phi) is 50.5. The summed E-state index contributed by atoms with van der Waals surface area (Å²) in [6, 6.07) is 0. The first-order valence-corrected chi connectivity index (χ1v) is 11.3. The summed E-state index contributed by atoms with van der Waals surface area (Å²) < 4.78 is 8.25. The van der Waals surface area contributed by atoms with Crippen LogP contribution >= 0.6 is 0 Å². The summed E-state index contributed by atoms with van der Waals surface area (Å²) >= 11 is 0.750. The average molecular weight is 498 g/mol. The number of carbonyl (C=O) groups excluding carboxylic acids is 4. The zero-order chi connectivity index (χ0) is 26.2. The Morgan fingerprint density at radius 3 is 0.938 bits per heavy atom. The van der Waals surface area contributed by atoms with E-state index >= 15 is 0 Å². The molecule has 0 heterocycles. The van der Waals surface area contributed by atoms with Gasteiger partial charge in [-0.15, -0.1) is 0 Å². The van der Waals surface area contributed by atoms with Crippen LogP contribution in [0.2, 0.25) is 0 Å². The summed E-state index contributed by atoms with van der Waals surface area (Å²) in [6.45, 7) is 7.99. The van der Waals surface area contributed by atoms with Crippen LogP contribution in [0, 0.1) is 0 Å². The summed E-state index contributed by atoms with van der Waals surface area (Å²) in [7, 11) is 0. The van der Waals surface area contributed by atoms with Gasteiger partial charge in [-0.05, 0) is 38.5 Å². The van der Waals surface area contributed by atoms with Crippen molar-refractivity contribution in [1.29, 1.82) is 0 Å². The Bertz CT molecular complexity index is 404. The third-order valence-electron chi connectivity index (χ3n) is 3.28.